The lowest BCUT2D eigenvalue weighted by Crippen LogP contribution is -2.16. The number of fused-ring (bicyclic) bond motifs is 1. The van der Waals surface area contributed by atoms with Crippen molar-refractivity contribution in [3.05, 3.63) is 51.6 Å². The van der Waals surface area contributed by atoms with E-state index in [4.69, 9.17) is 4.52 Å². The summed E-state index contributed by atoms with van der Waals surface area (Å²) in [5, 5.41) is 7.71. The lowest BCUT2D eigenvalue weighted by molar-refractivity contribution is 0.392. The second kappa shape index (κ2) is 5.05. The van der Waals surface area contributed by atoms with Gasteiger partial charge in [0, 0.05) is 5.56 Å². The molecule has 3 rings (SSSR count). The molecule has 0 amide bonds. The van der Waals surface area contributed by atoms with Crippen molar-refractivity contribution in [2.24, 2.45) is 0 Å². The average Bonchev–Trinajstić information content (AvgIpc) is 2.78. The van der Waals surface area contributed by atoms with Gasteiger partial charge in [-0.1, -0.05) is 17.3 Å². The number of H-pyrrole nitrogens is 1. The molecule has 1 atom stereocenters. The van der Waals surface area contributed by atoms with Crippen LogP contribution in [0.15, 0.2) is 33.6 Å². The summed E-state index contributed by atoms with van der Waals surface area (Å²) in [4.78, 5) is 19.2. The largest absolute Gasteiger partial charge is 0.361 e. The normalized spacial score (nSPS) is 12.5. The monoisotopic (exact) mass is 284 g/mol. The van der Waals surface area contributed by atoms with Gasteiger partial charge in [-0.25, -0.2) is 4.98 Å². The van der Waals surface area contributed by atoms with Crippen molar-refractivity contribution < 1.29 is 4.52 Å². The third-order valence-corrected chi connectivity index (χ3v) is 3.49. The Labute approximate surface area is 121 Å². The number of aryl methyl sites for hydroxylation is 2. The minimum atomic E-state index is -0.158. The Balaban J connectivity index is 1.97. The van der Waals surface area contributed by atoms with Gasteiger partial charge in [-0.2, -0.15) is 0 Å². The molecular weight excluding hydrogens is 268 g/mol. The predicted molar refractivity (Wildman–Crippen MR) is 80.4 cm³/mol. The molecule has 3 aromatic rings. The van der Waals surface area contributed by atoms with E-state index in [1.165, 1.54) is 0 Å². The van der Waals surface area contributed by atoms with Crippen LogP contribution in [0.3, 0.4) is 0 Å². The highest BCUT2D eigenvalue weighted by molar-refractivity contribution is 5.78. The average molecular weight is 284 g/mol. The van der Waals surface area contributed by atoms with Crippen LogP contribution in [-0.4, -0.2) is 15.1 Å². The summed E-state index contributed by atoms with van der Waals surface area (Å²) in [5.74, 6) is 1.20. The van der Waals surface area contributed by atoms with E-state index in [1.807, 2.05) is 39.0 Å². The molecule has 0 aliphatic carbocycles. The minimum Gasteiger partial charge on any atom is -0.361 e. The summed E-state index contributed by atoms with van der Waals surface area (Å²) in [5.41, 5.74) is 2.31. The second-order valence-corrected chi connectivity index (χ2v) is 5.04. The van der Waals surface area contributed by atoms with Gasteiger partial charge in [-0.15, -0.1) is 0 Å². The van der Waals surface area contributed by atoms with Crippen molar-refractivity contribution in [1.82, 2.24) is 15.1 Å². The molecule has 0 bridgehead atoms. The minimum absolute atomic E-state index is 0.0689. The third-order valence-electron chi connectivity index (χ3n) is 3.49. The molecule has 1 unspecified atom stereocenters. The molecule has 0 fully saturated rings. The van der Waals surface area contributed by atoms with Crippen LogP contribution >= 0.6 is 0 Å². The van der Waals surface area contributed by atoms with Crippen LogP contribution in [0.4, 0.5) is 5.95 Å². The fourth-order valence-corrected chi connectivity index (χ4v) is 2.54. The van der Waals surface area contributed by atoms with Crippen molar-refractivity contribution in [2.45, 2.75) is 26.8 Å². The summed E-state index contributed by atoms with van der Waals surface area (Å²) in [6.07, 6.45) is 0. The number of anilines is 1. The van der Waals surface area contributed by atoms with Gasteiger partial charge in [0.1, 0.15) is 5.76 Å². The number of benzene rings is 1. The van der Waals surface area contributed by atoms with E-state index in [1.54, 1.807) is 6.07 Å². The van der Waals surface area contributed by atoms with Gasteiger partial charge in [0.2, 0.25) is 5.95 Å². The Morgan fingerprint density at radius 3 is 2.76 bits per heavy atom. The number of rotatable bonds is 3. The molecule has 21 heavy (non-hydrogen) atoms. The molecule has 2 heterocycles. The topological polar surface area (TPSA) is 83.8 Å². The number of para-hydroxylation sites is 1. The predicted octanol–water partition coefficient (Wildman–Crippen LogP) is 2.70. The summed E-state index contributed by atoms with van der Waals surface area (Å²) in [6.45, 7) is 5.73. The lowest BCUT2D eigenvalue weighted by Gasteiger charge is -2.14. The van der Waals surface area contributed by atoms with Crippen molar-refractivity contribution in [2.75, 3.05) is 5.32 Å². The van der Waals surface area contributed by atoms with Crippen LogP contribution in [0.25, 0.3) is 10.9 Å². The molecule has 2 aromatic heterocycles. The zero-order valence-corrected chi connectivity index (χ0v) is 12.1. The Kier molecular flexibility index (Phi) is 3.21. The first-order chi connectivity index (χ1) is 10.1. The number of aromatic amines is 1. The maximum absolute atomic E-state index is 12.0. The maximum atomic E-state index is 12.0. The number of hydrogen-bond donors (Lipinski definition) is 2. The van der Waals surface area contributed by atoms with E-state index < -0.39 is 0 Å². The molecule has 0 saturated heterocycles. The fraction of sp³-hybridized carbons (Fsp3) is 0.267. The zero-order valence-electron chi connectivity index (χ0n) is 12.1. The highest BCUT2D eigenvalue weighted by Gasteiger charge is 2.17. The molecule has 0 spiro atoms. The zero-order chi connectivity index (χ0) is 15.0. The molecule has 1 aromatic carbocycles. The summed E-state index contributed by atoms with van der Waals surface area (Å²) in [7, 11) is 0. The lowest BCUT2D eigenvalue weighted by atomic mass is 10.1. The van der Waals surface area contributed by atoms with E-state index in [9.17, 15) is 4.79 Å². The Bertz CT molecular complexity index is 831. The number of nitrogens with one attached hydrogen (secondary N) is 2. The molecule has 6 heteroatoms. The first kappa shape index (κ1) is 13.4. The van der Waals surface area contributed by atoms with E-state index in [0.29, 0.717) is 16.9 Å². The van der Waals surface area contributed by atoms with Gasteiger partial charge in [0.25, 0.3) is 5.56 Å². The van der Waals surface area contributed by atoms with E-state index in [2.05, 4.69) is 20.4 Å². The molecule has 6 nitrogen and oxygen atoms in total. The molecule has 0 radical (unpaired) electrons. The van der Waals surface area contributed by atoms with Crippen LogP contribution in [0.2, 0.25) is 0 Å². The fourth-order valence-electron chi connectivity index (χ4n) is 2.54. The van der Waals surface area contributed by atoms with Crippen LogP contribution in [0, 0.1) is 13.8 Å². The standard InChI is InChI=1S/C15H16N4O2/c1-8(13-9(2)19-21-10(13)3)16-15-17-12-7-5-4-6-11(12)14(20)18-15/h4-8H,1-3H3,(H2,16,17,18,20). The van der Waals surface area contributed by atoms with Gasteiger partial charge in [-0.3, -0.25) is 9.78 Å². The van der Waals surface area contributed by atoms with Crippen molar-refractivity contribution in [3.63, 3.8) is 0 Å². The maximum Gasteiger partial charge on any atom is 0.260 e. The van der Waals surface area contributed by atoms with E-state index >= 15 is 0 Å². The van der Waals surface area contributed by atoms with Crippen molar-refractivity contribution >= 4 is 16.9 Å². The van der Waals surface area contributed by atoms with Gasteiger partial charge in [0.05, 0.1) is 22.6 Å². The molecule has 0 aliphatic heterocycles. The smallest absolute Gasteiger partial charge is 0.260 e. The first-order valence-corrected chi connectivity index (χ1v) is 6.74. The SMILES string of the molecule is Cc1noc(C)c1C(C)Nc1nc2ccccc2c(=O)[nH]1. The molecule has 0 saturated carbocycles. The molecular formula is C15H16N4O2. The Morgan fingerprint density at radius 1 is 1.29 bits per heavy atom. The van der Waals surface area contributed by atoms with Gasteiger partial charge in [-0.05, 0) is 32.9 Å². The molecule has 2 N–H and O–H groups in total. The summed E-state index contributed by atoms with van der Waals surface area (Å²) >= 11 is 0. The third kappa shape index (κ3) is 2.40. The van der Waals surface area contributed by atoms with Crippen LogP contribution in [0.5, 0.6) is 0 Å². The van der Waals surface area contributed by atoms with Crippen molar-refractivity contribution in [1.29, 1.82) is 0 Å². The first-order valence-electron chi connectivity index (χ1n) is 6.74. The summed E-state index contributed by atoms with van der Waals surface area (Å²) in [6, 6.07) is 7.18. The van der Waals surface area contributed by atoms with Gasteiger partial charge >= 0.3 is 0 Å². The Hall–Kier alpha value is -2.63. The van der Waals surface area contributed by atoms with Crippen molar-refractivity contribution in [3.8, 4) is 0 Å². The quantitative estimate of drug-likeness (QED) is 0.772. The van der Waals surface area contributed by atoms with Crippen LogP contribution in [0.1, 0.15) is 30.0 Å². The number of aromatic nitrogens is 3. The second-order valence-electron chi connectivity index (χ2n) is 5.04. The van der Waals surface area contributed by atoms with Crippen LogP contribution < -0.4 is 10.9 Å². The highest BCUT2D eigenvalue weighted by Crippen LogP contribution is 2.23. The van der Waals surface area contributed by atoms with E-state index in [0.717, 1.165) is 17.0 Å². The number of hydrogen-bond acceptors (Lipinski definition) is 5. The van der Waals surface area contributed by atoms with Crippen LogP contribution in [-0.2, 0) is 0 Å². The summed E-state index contributed by atoms with van der Waals surface area (Å²) < 4.78 is 5.17. The Morgan fingerprint density at radius 2 is 2.05 bits per heavy atom. The highest BCUT2D eigenvalue weighted by atomic mass is 16.5. The van der Waals surface area contributed by atoms with E-state index in [-0.39, 0.29) is 11.6 Å². The van der Waals surface area contributed by atoms with Gasteiger partial charge < -0.3 is 9.84 Å². The number of nitrogens with zero attached hydrogens (tertiary/aromatic N) is 2. The molecule has 108 valence electrons. The molecule has 0 aliphatic rings. The van der Waals surface area contributed by atoms with Gasteiger partial charge in [0.15, 0.2) is 0 Å².